The molecule has 6 nitrogen and oxygen atoms in total. The Labute approximate surface area is 205 Å². The van der Waals surface area contributed by atoms with Crippen LogP contribution in [0.4, 0.5) is 0 Å². The molecule has 0 aliphatic rings. The first-order chi connectivity index (χ1) is 16.6. The zero-order valence-corrected chi connectivity index (χ0v) is 19.3. The number of carbonyl (C=O) groups is 1. The lowest BCUT2D eigenvalue weighted by Gasteiger charge is -2.04. The Hall–Kier alpha value is -3.87. The summed E-state index contributed by atoms with van der Waals surface area (Å²) in [4.78, 5) is 12.8. The van der Waals surface area contributed by atoms with Gasteiger partial charge in [0.05, 0.1) is 16.4 Å². The van der Waals surface area contributed by atoms with E-state index >= 15 is 0 Å². The van der Waals surface area contributed by atoms with Crippen molar-refractivity contribution in [1.29, 1.82) is 0 Å². The van der Waals surface area contributed by atoms with Crippen LogP contribution in [-0.4, -0.2) is 20.8 Å². The van der Waals surface area contributed by atoms with E-state index in [-0.39, 0.29) is 18.1 Å². The van der Waals surface area contributed by atoms with Crippen LogP contribution in [0.1, 0.15) is 16.1 Å². The van der Waals surface area contributed by atoms with Crippen LogP contribution in [0.2, 0.25) is 10.0 Å². The largest absolute Gasteiger partial charge is 0.355 e. The van der Waals surface area contributed by atoms with Gasteiger partial charge in [-0.2, -0.15) is 5.10 Å². The monoisotopic (exact) mass is 488 g/mol. The Bertz CT molecular complexity index is 1450. The second-order valence-corrected chi connectivity index (χ2v) is 8.38. The molecule has 0 saturated heterocycles. The van der Waals surface area contributed by atoms with Crippen molar-refractivity contribution in [2.75, 3.05) is 0 Å². The number of hydrogen-bond donors (Lipinski definition) is 1. The van der Waals surface area contributed by atoms with Gasteiger partial charge in [-0.3, -0.25) is 4.79 Å². The number of carbonyl (C=O) groups excluding carboxylic acids is 1. The van der Waals surface area contributed by atoms with Gasteiger partial charge >= 0.3 is 0 Å². The van der Waals surface area contributed by atoms with Gasteiger partial charge in [-0.15, -0.1) is 0 Å². The SMILES string of the molecule is O=C(NCc1cn(-c2ccccc2)nc1-c1ccccc1)c1cc(-c2ccc(Cl)cc2Cl)on1. The van der Waals surface area contributed by atoms with Crippen molar-refractivity contribution >= 4 is 29.1 Å². The molecule has 168 valence electrons. The van der Waals surface area contributed by atoms with Crippen LogP contribution in [-0.2, 0) is 6.54 Å². The Balaban J connectivity index is 1.38. The molecule has 1 amide bonds. The van der Waals surface area contributed by atoms with Crippen molar-refractivity contribution in [3.63, 3.8) is 0 Å². The molecule has 5 rings (SSSR count). The standard InChI is InChI=1S/C26H18Cl2N4O2/c27-19-11-12-21(22(28)13-19)24-14-23(31-34-24)26(33)29-15-18-16-32(20-9-5-2-6-10-20)30-25(18)17-7-3-1-4-8-17/h1-14,16H,15H2,(H,29,33). The number of hydrogen-bond acceptors (Lipinski definition) is 4. The van der Waals surface area contributed by atoms with E-state index in [1.54, 1.807) is 28.9 Å². The normalized spacial score (nSPS) is 10.9. The minimum absolute atomic E-state index is 0.151. The molecule has 0 aliphatic heterocycles. The zero-order valence-electron chi connectivity index (χ0n) is 17.8. The summed E-state index contributed by atoms with van der Waals surface area (Å²) in [5.74, 6) is 0.0141. The lowest BCUT2D eigenvalue weighted by molar-refractivity contribution is 0.0942. The highest BCUT2D eigenvalue weighted by Crippen LogP contribution is 2.31. The second-order valence-electron chi connectivity index (χ2n) is 7.53. The number of benzene rings is 3. The maximum absolute atomic E-state index is 12.8. The number of nitrogens with zero attached hydrogens (tertiary/aromatic N) is 3. The summed E-state index contributed by atoms with van der Waals surface area (Å²) in [7, 11) is 0. The van der Waals surface area contributed by atoms with E-state index in [4.69, 9.17) is 32.8 Å². The third kappa shape index (κ3) is 4.59. The van der Waals surface area contributed by atoms with E-state index in [1.807, 2.05) is 66.9 Å². The predicted octanol–water partition coefficient (Wildman–Crippen LogP) is 6.43. The fraction of sp³-hybridized carbons (Fsp3) is 0.0385. The molecule has 0 saturated carbocycles. The van der Waals surface area contributed by atoms with Crippen molar-refractivity contribution in [3.8, 4) is 28.3 Å². The first-order valence-corrected chi connectivity index (χ1v) is 11.2. The molecule has 0 atom stereocenters. The molecule has 0 unspecified atom stereocenters. The van der Waals surface area contributed by atoms with E-state index in [0.717, 1.165) is 22.5 Å². The Morgan fingerprint density at radius 2 is 1.68 bits per heavy atom. The third-order valence-electron chi connectivity index (χ3n) is 5.24. The Morgan fingerprint density at radius 3 is 2.41 bits per heavy atom. The van der Waals surface area contributed by atoms with Crippen LogP contribution < -0.4 is 5.32 Å². The van der Waals surface area contributed by atoms with Crippen molar-refractivity contribution in [2.45, 2.75) is 6.54 Å². The molecule has 0 spiro atoms. The van der Waals surface area contributed by atoms with Gasteiger partial charge in [0.2, 0.25) is 0 Å². The molecule has 8 heteroatoms. The Morgan fingerprint density at radius 1 is 0.941 bits per heavy atom. The molecule has 0 aliphatic carbocycles. The van der Waals surface area contributed by atoms with Crippen molar-refractivity contribution in [2.24, 2.45) is 0 Å². The van der Waals surface area contributed by atoms with Crippen molar-refractivity contribution in [1.82, 2.24) is 20.3 Å². The maximum Gasteiger partial charge on any atom is 0.273 e. The maximum atomic E-state index is 12.8. The highest BCUT2D eigenvalue weighted by molar-refractivity contribution is 6.36. The number of amides is 1. The molecular formula is C26H18Cl2N4O2. The lowest BCUT2D eigenvalue weighted by atomic mass is 10.1. The molecule has 0 bridgehead atoms. The van der Waals surface area contributed by atoms with Gasteiger partial charge in [-0.25, -0.2) is 4.68 Å². The number of halogens is 2. The fourth-order valence-corrected chi connectivity index (χ4v) is 4.06. The highest BCUT2D eigenvalue weighted by atomic mass is 35.5. The summed E-state index contributed by atoms with van der Waals surface area (Å²) >= 11 is 12.2. The molecule has 34 heavy (non-hydrogen) atoms. The molecule has 2 aromatic heterocycles. The van der Waals surface area contributed by atoms with E-state index in [9.17, 15) is 4.79 Å². The first-order valence-electron chi connectivity index (χ1n) is 10.5. The van der Waals surface area contributed by atoms with Crippen molar-refractivity contribution < 1.29 is 9.32 Å². The molecule has 2 heterocycles. The molecule has 0 fully saturated rings. The number of para-hydroxylation sites is 1. The average molecular weight is 489 g/mol. The number of nitrogens with one attached hydrogen (secondary N) is 1. The summed E-state index contributed by atoms with van der Waals surface area (Å²) in [6.45, 7) is 0.264. The number of aromatic nitrogens is 3. The molecule has 1 N–H and O–H groups in total. The van der Waals surface area contributed by atoms with Gasteiger partial charge in [0.1, 0.15) is 0 Å². The summed E-state index contributed by atoms with van der Waals surface area (Å²) in [5.41, 5.74) is 4.30. The summed E-state index contributed by atoms with van der Waals surface area (Å²) < 4.78 is 7.15. The molecule has 0 radical (unpaired) electrons. The van der Waals surface area contributed by atoms with Gasteiger partial charge in [0.15, 0.2) is 11.5 Å². The van der Waals surface area contributed by atoms with Gasteiger partial charge in [-0.05, 0) is 30.3 Å². The van der Waals surface area contributed by atoms with E-state index in [1.165, 1.54) is 0 Å². The van der Waals surface area contributed by atoms with Crippen LogP contribution >= 0.6 is 23.2 Å². The summed E-state index contributed by atoms with van der Waals surface area (Å²) in [6, 6.07) is 26.2. The van der Waals surface area contributed by atoms with E-state index in [2.05, 4.69) is 10.5 Å². The minimum Gasteiger partial charge on any atom is -0.355 e. The van der Waals surface area contributed by atoms with Crippen LogP contribution in [0.25, 0.3) is 28.3 Å². The van der Waals surface area contributed by atoms with Crippen LogP contribution in [0.3, 0.4) is 0 Å². The number of rotatable bonds is 6. The van der Waals surface area contributed by atoms with Gasteiger partial charge in [0.25, 0.3) is 5.91 Å². The third-order valence-corrected chi connectivity index (χ3v) is 5.78. The fourth-order valence-electron chi connectivity index (χ4n) is 3.56. The van der Waals surface area contributed by atoms with Crippen LogP contribution in [0.15, 0.2) is 95.6 Å². The summed E-state index contributed by atoms with van der Waals surface area (Å²) in [6.07, 6.45) is 1.92. The Kier molecular flexibility index (Phi) is 6.16. The van der Waals surface area contributed by atoms with Gasteiger partial charge in [0, 0.05) is 40.5 Å². The smallest absolute Gasteiger partial charge is 0.273 e. The zero-order chi connectivity index (χ0) is 23.5. The quantitative estimate of drug-likeness (QED) is 0.298. The average Bonchev–Trinajstić information content (AvgIpc) is 3.52. The predicted molar refractivity (Wildman–Crippen MR) is 132 cm³/mol. The second kappa shape index (κ2) is 9.55. The lowest BCUT2D eigenvalue weighted by Crippen LogP contribution is -2.23. The molecular weight excluding hydrogens is 471 g/mol. The van der Waals surface area contributed by atoms with E-state index < -0.39 is 0 Å². The van der Waals surface area contributed by atoms with Gasteiger partial charge < -0.3 is 9.84 Å². The van der Waals surface area contributed by atoms with Crippen LogP contribution in [0, 0.1) is 0 Å². The summed E-state index contributed by atoms with van der Waals surface area (Å²) in [5, 5.41) is 12.5. The highest BCUT2D eigenvalue weighted by Gasteiger charge is 2.18. The van der Waals surface area contributed by atoms with Gasteiger partial charge in [-0.1, -0.05) is 76.9 Å². The molecule has 5 aromatic rings. The molecule has 3 aromatic carbocycles. The van der Waals surface area contributed by atoms with E-state index in [0.29, 0.717) is 21.4 Å². The van der Waals surface area contributed by atoms with Crippen LogP contribution in [0.5, 0.6) is 0 Å². The minimum atomic E-state index is -0.369. The topological polar surface area (TPSA) is 73.0 Å². The first kappa shape index (κ1) is 21.9. The van der Waals surface area contributed by atoms with Crippen molar-refractivity contribution in [3.05, 3.63) is 112 Å².